The zero-order valence-corrected chi connectivity index (χ0v) is 17.6. The van der Waals surface area contributed by atoms with Crippen LogP contribution in [0.2, 0.25) is 0 Å². The second-order valence-electron chi connectivity index (χ2n) is 7.62. The second kappa shape index (κ2) is 7.75. The number of phenolic OH excluding ortho intramolecular Hbond substituents is 1. The number of hydrogen-bond donors (Lipinski definition) is 2. The third-order valence-corrected chi connectivity index (χ3v) is 4.69. The Labute approximate surface area is 178 Å². The lowest BCUT2D eigenvalue weighted by molar-refractivity contribution is -0.139. The summed E-state index contributed by atoms with van der Waals surface area (Å²) in [7, 11) is 0. The Balaban J connectivity index is 1.46. The van der Waals surface area contributed by atoms with Gasteiger partial charge in [0.25, 0.3) is 5.91 Å². The minimum Gasteiger partial charge on any atom is -0.505 e. The van der Waals surface area contributed by atoms with E-state index >= 15 is 0 Å². The molecule has 0 unspecified atom stereocenters. The van der Waals surface area contributed by atoms with E-state index < -0.39 is 5.97 Å². The first kappa shape index (κ1) is 20.4. The molecule has 0 bridgehead atoms. The van der Waals surface area contributed by atoms with Crippen molar-refractivity contribution in [3.8, 4) is 17.2 Å². The van der Waals surface area contributed by atoms with E-state index in [9.17, 15) is 14.7 Å². The topological polar surface area (TPSA) is 98.6 Å². The molecule has 9 heteroatoms. The number of rotatable bonds is 8. The molecule has 4 rings (SSSR count). The van der Waals surface area contributed by atoms with Crippen LogP contribution in [0.15, 0.2) is 48.6 Å². The lowest BCUT2D eigenvalue weighted by Crippen LogP contribution is -2.30. The monoisotopic (exact) mass is 424 g/mol. The number of benzene rings is 2. The average molecular weight is 424 g/mol. The van der Waals surface area contributed by atoms with E-state index in [4.69, 9.17) is 9.47 Å². The highest BCUT2D eigenvalue weighted by Crippen LogP contribution is 2.33. The Morgan fingerprint density at radius 3 is 2.52 bits per heavy atom. The zero-order chi connectivity index (χ0) is 22.3. The van der Waals surface area contributed by atoms with Crippen LogP contribution in [0.1, 0.15) is 31.1 Å². The molecular weight excluding hydrogens is 400 g/mol. The van der Waals surface area contributed by atoms with Gasteiger partial charge in [0.2, 0.25) is 0 Å². The van der Waals surface area contributed by atoms with Gasteiger partial charge in [-0.1, -0.05) is 6.58 Å². The summed E-state index contributed by atoms with van der Waals surface area (Å²) in [5, 5.41) is 13.3. The highest BCUT2D eigenvalue weighted by molar-refractivity contribution is 5.98. The molecule has 0 spiro atoms. The molecule has 31 heavy (non-hydrogen) atoms. The molecule has 2 aromatic carbocycles. The van der Waals surface area contributed by atoms with Gasteiger partial charge < -0.3 is 19.9 Å². The van der Waals surface area contributed by atoms with Crippen LogP contribution in [0.25, 0.3) is 16.7 Å². The molecular formula is C22H24N4O5. The van der Waals surface area contributed by atoms with Crippen LogP contribution in [0, 0.1) is 0 Å². The maximum atomic E-state index is 12.2. The zero-order valence-electron chi connectivity index (χ0n) is 17.6. The summed E-state index contributed by atoms with van der Waals surface area (Å²) in [5.74, 6) is -0.0965. The first-order valence-corrected chi connectivity index (χ1v) is 9.91. The maximum Gasteiger partial charge on any atom is 0.333 e. The van der Waals surface area contributed by atoms with Crippen molar-refractivity contribution in [2.45, 2.75) is 26.8 Å². The minimum absolute atomic E-state index is 0.0366. The number of ether oxygens (including phenoxy) is 2. The molecule has 4 aromatic rings. The van der Waals surface area contributed by atoms with Crippen LogP contribution >= 0.6 is 0 Å². The summed E-state index contributed by atoms with van der Waals surface area (Å²) >= 11 is 0. The van der Waals surface area contributed by atoms with Crippen molar-refractivity contribution >= 4 is 22.9 Å². The molecule has 9 nitrogen and oxygen atoms in total. The Hall–Kier alpha value is -3.88. The number of fused-ring (bicyclic) bond motifs is 4. The number of carbonyl (C=O) groups excluding carboxylic acids is 2. The molecule has 1 amide bonds. The van der Waals surface area contributed by atoms with Crippen LogP contribution in [0.4, 0.5) is 0 Å². The molecule has 0 aliphatic heterocycles. The molecule has 0 fully saturated rings. The smallest absolute Gasteiger partial charge is 0.333 e. The molecule has 162 valence electrons. The number of aromatic hydroxyl groups is 1. The number of esters is 1. The van der Waals surface area contributed by atoms with Crippen molar-refractivity contribution in [1.29, 1.82) is 0 Å². The summed E-state index contributed by atoms with van der Waals surface area (Å²) in [6.45, 7) is 9.16. The molecule has 2 heterocycles. The van der Waals surface area contributed by atoms with Crippen molar-refractivity contribution in [3.05, 3.63) is 54.1 Å². The van der Waals surface area contributed by atoms with Gasteiger partial charge in [-0.2, -0.15) is 0 Å². The second-order valence-corrected chi connectivity index (χ2v) is 7.62. The fourth-order valence-electron chi connectivity index (χ4n) is 3.21. The summed E-state index contributed by atoms with van der Waals surface area (Å²) in [6, 6.07) is 10.5. The van der Waals surface area contributed by atoms with Gasteiger partial charge in [-0.05, 0) is 51.1 Å². The largest absolute Gasteiger partial charge is 0.505 e. The highest BCUT2D eigenvalue weighted by atomic mass is 16.6. The van der Waals surface area contributed by atoms with E-state index in [-0.39, 0.29) is 30.9 Å². The number of hydrogen-bond acceptors (Lipinski definition) is 5. The highest BCUT2D eigenvalue weighted by Gasteiger charge is 2.26. The fourth-order valence-corrected chi connectivity index (χ4v) is 3.21. The molecule has 0 saturated carbocycles. The van der Waals surface area contributed by atoms with Crippen molar-refractivity contribution in [1.82, 2.24) is 19.4 Å². The molecule has 0 aliphatic carbocycles. The Kier molecular flexibility index (Phi) is 5.10. The van der Waals surface area contributed by atoms with Crippen LogP contribution in [0.3, 0.4) is 0 Å². The third kappa shape index (κ3) is 3.81. The van der Waals surface area contributed by atoms with E-state index in [1.165, 1.54) is 6.07 Å². The average Bonchev–Trinajstić information content (AvgIpc) is 3.36. The fraction of sp³-hybridized carbons (Fsp3) is 0.273. The van der Waals surface area contributed by atoms with Crippen molar-refractivity contribution in [2.75, 3.05) is 13.2 Å². The molecule has 0 aliphatic rings. The Morgan fingerprint density at radius 1 is 1.10 bits per heavy atom. The van der Waals surface area contributed by atoms with Crippen LogP contribution < -0.4 is 10.1 Å². The third-order valence-electron chi connectivity index (χ3n) is 4.69. The number of nitrogens with zero attached hydrogens (tertiary/aromatic N) is 3. The maximum absolute atomic E-state index is 12.2. The molecule has 2 N–H and O–H groups in total. The Morgan fingerprint density at radius 2 is 1.84 bits per heavy atom. The van der Waals surface area contributed by atoms with Gasteiger partial charge in [0, 0.05) is 23.2 Å². The van der Waals surface area contributed by atoms with Gasteiger partial charge in [-0.25, -0.2) is 4.79 Å². The van der Waals surface area contributed by atoms with Gasteiger partial charge >= 0.3 is 5.97 Å². The molecule has 0 radical (unpaired) electrons. The molecule has 0 saturated heterocycles. The molecule has 2 aromatic heterocycles. The van der Waals surface area contributed by atoms with Gasteiger partial charge in [0.05, 0.1) is 0 Å². The normalized spacial score (nSPS) is 11.5. The Bertz CT molecular complexity index is 1280. The summed E-state index contributed by atoms with van der Waals surface area (Å²) in [5.41, 5.74) is 3.31. The predicted octanol–water partition coefficient (Wildman–Crippen LogP) is 2.76. The van der Waals surface area contributed by atoms with E-state index in [1.807, 2.05) is 35.2 Å². The summed E-state index contributed by atoms with van der Waals surface area (Å²) in [6.07, 6.45) is 0. The van der Waals surface area contributed by atoms with E-state index in [0.717, 1.165) is 11.0 Å². The van der Waals surface area contributed by atoms with Crippen LogP contribution in [0.5, 0.6) is 11.5 Å². The number of phenols is 1. The van der Waals surface area contributed by atoms with Gasteiger partial charge in [0.15, 0.2) is 0 Å². The van der Waals surface area contributed by atoms with E-state index in [0.29, 0.717) is 22.6 Å². The van der Waals surface area contributed by atoms with Gasteiger partial charge in [-0.3, -0.25) is 4.79 Å². The van der Waals surface area contributed by atoms with Crippen molar-refractivity contribution in [2.24, 2.45) is 0 Å². The number of nitrogens with one attached hydrogen (secondary N) is 1. The molecule has 0 atom stereocenters. The van der Waals surface area contributed by atoms with Crippen LogP contribution in [-0.4, -0.2) is 50.3 Å². The first-order valence-electron chi connectivity index (χ1n) is 9.91. The predicted molar refractivity (Wildman–Crippen MR) is 114 cm³/mol. The lowest BCUT2D eigenvalue weighted by atomic mass is 10.1. The standard InChI is InChI=1S/C22H24N4O5/c1-13(2)22(29)31-10-9-30-16-6-8-18(20(27)12-16)25-24-17-7-5-15(11-19(17)26(24)25)21(28)23-14(3)4/h5-8,11-12,14,27H,1,9-10H2,2-4H3,(H,23,28). The van der Waals surface area contributed by atoms with Crippen molar-refractivity contribution in [3.63, 3.8) is 0 Å². The number of amides is 1. The minimum atomic E-state index is -0.466. The van der Waals surface area contributed by atoms with Gasteiger partial charge in [-0.15, -0.1) is 14.1 Å². The van der Waals surface area contributed by atoms with Gasteiger partial charge in [0.1, 0.15) is 41.4 Å². The summed E-state index contributed by atoms with van der Waals surface area (Å²) < 4.78 is 14.2. The first-order chi connectivity index (χ1) is 14.8. The lowest BCUT2D eigenvalue weighted by Gasteiger charge is -2.08. The van der Waals surface area contributed by atoms with Crippen molar-refractivity contribution < 1.29 is 24.2 Å². The quantitative estimate of drug-likeness (QED) is 0.257. The van der Waals surface area contributed by atoms with E-state index in [1.54, 1.807) is 29.9 Å². The SMILES string of the molecule is C=C(C)C(=O)OCCOc1ccc(-n2n3c4ccc(C(=O)NC(C)C)cc4n23)c(O)c1. The van der Waals surface area contributed by atoms with E-state index in [2.05, 4.69) is 11.9 Å². The number of carbonyl (C=O) groups is 2. The van der Waals surface area contributed by atoms with Crippen LogP contribution in [-0.2, 0) is 9.53 Å². The number of aromatic nitrogens is 3. The summed E-state index contributed by atoms with van der Waals surface area (Å²) in [4.78, 5) is 25.4.